The Hall–Kier alpha value is -1.95. The second kappa shape index (κ2) is 5.79. The third kappa shape index (κ3) is 3.51. The lowest BCUT2D eigenvalue weighted by Crippen LogP contribution is -2.11. The van der Waals surface area contributed by atoms with Gasteiger partial charge in [0.05, 0.1) is 6.04 Å². The molecule has 0 bridgehead atoms. The predicted molar refractivity (Wildman–Crippen MR) is 75.2 cm³/mol. The summed E-state index contributed by atoms with van der Waals surface area (Å²) in [4.78, 5) is 18.8. The number of anilines is 1. The molecule has 6 heteroatoms. The molecule has 2 aromatic rings. The number of aromatic nitrogens is 2. The second-order valence-electron chi connectivity index (χ2n) is 3.99. The van der Waals surface area contributed by atoms with E-state index < -0.39 is 5.97 Å². The Morgan fingerprint density at radius 3 is 2.89 bits per heavy atom. The van der Waals surface area contributed by atoms with Crippen LogP contribution in [0.5, 0.6) is 0 Å². The van der Waals surface area contributed by atoms with Crippen LogP contribution in [0.3, 0.4) is 0 Å². The Labute approximate surface area is 118 Å². The van der Waals surface area contributed by atoms with E-state index in [0.717, 1.165) is 10.0 Å². The van der Waals surface area contributed by atoms with Crippen LogP contribution >= 0.6 is 15.9 Å². The van der Waals surface area contributed by atoms with Gasteiger partial charge in [0.15, 0.2) is 5.69 Å². The van der Waals surface area contributed by atoms with Gasteiger partial charge in [0.2, 0.25) is 5.95 Å². The summed E-state index contributed by atoms with van der Waals surface area (Å²) in [6.07, 6.45) is 1.42. The molecule has 19 heavy (non-hydrogen) atoms. The summed E-state index contributed by atoms with van der Waals surface area (Å²) in [6.45, 7) is 1.96. The average Bonchev–Trinajstić information content (AvgIpc) is 2.39. The van der Waals surface area contributed by atoms with Gasteiger partial charge in [0, 0.05) is 10.7 Å². The van der Waals surface area contributed by atoms with Gasteiger partial charge in [-0.25, -0.2) is 14.8 Å². The van der Waals surface area contributed by atoms with Crippen molar-refractivity contribution in [2.24, 2.45) is 0 Å². The van der Waals surface area contributed by atoms with Crippen LogP contribution in [-0.4, -0.2) is 21.0 Å². The van der Waals surface area contributed by atoms with Crippen molar-refractivity contribution in [2.75, 3.05) is 5.32 Å². The van der Waals surface area contributed by atoms with Gasteiger partial charge in [-0.05, 0) is 30.7 Å². The monoisotopic (exact) mass is 321 g/mol. The largest absolute Gasteiger partial charge is 0.477 e. The van der Waals surface area contributed by atoms with Gasteiger partial charge in [0.25, 0.3) is 0 Å². The fourth-order valence-electron chi connectivity index (χ4n) is 1.60. The van der Waals surface area contributed by atoms with Gasteiger partial charge in [-0.3, -0.25) is 0 Å². The highest BCUT2D eigenvalue weighted by Crippen LogP contribution is 2.20. The van der Waals surface area contributed by atoms with E-state index in [2.05, 4.69) is 31.2 Å². The molecule has 0 aliphatic heterocycles. The van der Waals surface area contributed by atoms with Crippen molar-refractivity contribution in [3.63, 3.8) is 0 Å². The number of benzene rings is 1. The van der Waals surface area contributed by atoms with E-state index >= 15 is 0 Å². The van der Waals surface area contributed by atoms with Crippen LogP contribution in [0.15, 0.2) is 41.0 Å². The van der Waals surface area contributed by atoms with Gasteiger partial charge < -0.3 is 10.4 Å². The van der Waals surface area contributed by atoms with Crippen molar-refractivity contribution in [3.05, 3.63) is 52.3 Å². The molecular weight excluding hydrogens is 310 g/mol. The maximum Gasteiger partial charge on any atom is 0.354 e. The predicted octanol–water partition coefficient (Wildman–Crippen LogP) is 3.11. The summed E-state index contributed by atoms with van der Waals surface area (Å²) in [5.41, 5.74) is 1.03. The lowest BCUT2D eigenvalue weighted by molar-refractivity contribution is 0.0690. The number of nitrogens with one attached hydrogen (secondary N) is 1. The first kappa shape index (κ1) is 13.5. The molecule has 0 saturated carbocycles. The number of nitrogens with zero attached hydrogens (tertiary/aromatic N) is 2. The molecule has 0 fully saturated rings. The zero-order valence-corrected chi connectivity index (χ0v) is 11.8. The van der Waals surface area contributed by atoms with Crippen LogP contribution in [0.4, 0.5) is 5.95 Å². The molecule has 0 saturated heterocycles. The Kier molecular flexibility index (Phi) is 4.11. The van der Waals surface area contributed by atoms with Crippen molar-refractivity contribution in [1.82, 2.24) is 9.97 Å². The standard InChI is InChI=1S/C13H12BrN3O2/c1-8(9-3-2-4-10(14)7-9)16-13-15-6-5-11(17-13)12(18)19/h2-8H,1H3,(H,18,19)(H,15,16,17). The molecule has 0 aliphatic rings. The minimum absolute atomic E-state index is 0.0263. The minimum atomic E-state index is -1.07. The quantitative estimate of drug-likeness (QED) is 0.905. The summed E-state index contributed by atoms with van der Waals surface area (Å²) in [5, 5.41) is 11.9. The van der Waals surface area contributed by atoms with Gasteiger partial charge in [0.1, 0.15) is 0 Å². The van der Waals surface area contributed by atoms with Crippen LogP contribution in [0.2, 0.25) is 0 Å². The molecule has 1 aromatic carbocycles. The molecular formula is C13H12BrN3O2. The van der Waals surface area contributed by atoms with E-state index in [1.165, 1.54) is 12.3 Å². The molecule has 2 N–H and O–H groups in total. The van der Waals surface area contributed by atoms with Crippen LogP contribution in [0, 0.1) is 0 Å². The summed E-state index contributed by atoms with van der Waals surface area (Å²) in [7, 11) is 0. The third-order valence-electron chi connectivity index (χ3n) is 2.57. The average molecular weight is 322 g/mol. The van der Waals surface area contributed by atoms with Crippen LogP contribution < -0.4 is 5.32 Å². The second-order valence-corrected chi connectivity index (χ2v) is 4.91. The summed E-state index contributed by atoms with van der Waals surface area (Å²) < 4.78 is 0.985. The summed E-state index contributed by atoms with van der Waals surface area (Å²) >= 11 is 3.41. The maximum atomic E-state index is 10.8. The number of halogens is 1. The van der Waals surface area contributed by atoms with Crippen LogP contribution in [0.1, 0.15) is 29.0 Å². The smallest absolute Gasteiger partial charge is 0.354 e. The maximum absolute atomic E-state index is 10.8. The Bertz CT molecular complexity index is 604. The van der Waals surface area contributed by atoms with E-state index in [9.17, 15) is 4.79 Å². The molecule has 2 rings (SSSR count). The number of aromatic carboxylic acids is 1. The molecule has 0 aliphatic carbocycles. The Morgan fingerprint density at radius 1 is 1.42 bits per heavy atom. The molecule has 5 nitrogen and oxygen atoms in total. The normalized spacial score (nSPS) is 11.9. The van der Waals surface area contributed by atoms with Crippen molar-refractivity contribution >= 4 is 27.8 Å². The fraction of sp³-hybridized carbons (Fsp3) is 0.154. The van der Waals surface area contributed by atoms with Crippen molar-refractivity contribution in [3.8, 4) is 0 Å². The highest BCUT2D eigenvalue weighted by atomic mass is 79.9. The third-order valence-corrected chi connectivity index (χ3v) is 3.06. The summed E-state index contributed by atoms with van der Waals surface area (Å²) in [6, 6.07) is 9.17. The van der Waals surface area contributed by atoms with E-state index in [-0.39, 0.29) is 11.7 Å². The highest BCUT2D eigenvalue weighted by molar-refractivity contribution is 9.10. The Morgan fingerprint density at radius 2 is 2.21 bits per heavy atom. The SMILES string of the molecule is CC(Nc1nccc(C(=O)O)n1)c1cccc(Br)c1. The van der Waals surface area contributed by atoms with E-state index in [0.29, 0.717) is 5.95 Å². The zero-order chi connectivity index (χ0) is 13.8. The van der Waals surface area contributed by atoms with Gasteiger partial charge in [-0.15, -0.1) is 0 Å². The summed E-state index contributed by atoms with van der Waals surface area (Å²) in [5.74, 6) is -0.770. The fourth-order valence-corrected chi connectivity index (χ4v) is 2.02. The van der Waals surface area contributed by atoms with Crippen LogP contribution in [0.25, 0.3) is 0 Å². The molecule has 0 amide bonds. The first-order valence-corrected chi connectivity index (χ1v) is 6.44. The van der Waals surface area contributed by atoms with Crippen molar-refractivity contribution in [1.29, 1.82) is 0 Å². The van der Waals surface area contributed by atoms with Crippen LogP contribution in [-0.2, 0) is 0 Å². The Balaban J connectivity index is 2.17. The highest BCUT2D eigenvalue weighted by Gasteiger charge is 2.10. The molecule has 1 aromatic heterocycles. The topological polar surface area (TPSA) is 75.1 Å². The van der Waals surface area contributed by atoms with Gasteiger partial charge in [-0.2, -0.15) is 0 Å². The first-order valence-electron chi connectivity index (χ1n) is 5.64. The molecule has 1 atom stereocenters. The number of carbonyl (C=O) groups is 1. The van der Waals surface area contributed by atoms with Crippen molar-refractivity contribution < 1.29 is 9.90 Å². The number of rotatable bonds is 4. The van der Waals surface area contributed by atoms with E-state index in [4.69, 9.17) is 5.11 Å². The molecule has 98 valence electrons. The minimum Gasteiger partial charge on any atom is -0.477 e. The number of hydrogen-bond donors (Lipinski definition) is 2. The van der Waals surface area contributed by atoms with Gasteiger partial charge in [-0.1, -0.05) is 28.1 Å². The lowest BCUT2D eigenvalue weighted by atomic mass is 10.1. The number of hydrogen-bond acceptors (Lipinski definition) is 4. The molecule has 0 spiro atoms. The number of carboxylic acid groups (broad SMARTS) is 1. The molecule has 0 radical (unpaired) electrons. The van der Waals surface area contributed by atoms with Crippen molar-refractivity contribution in [2.45, 2.75) is 13.0 Å². The van der Waals surface area contributed by atoms with E-state index in [1.54, 1.807) is 0 Å². The zero-order valence-electron chi connectivity index (χ0n) is 10.2. The molecule has 1 heterocycles. The van der Waals surface area contributed by atoms with E-state index in [1.807, 2.05) is 31.2 Å². The number of carboxylic acids is 1. The lowest BCUT2D eigenvalue weighted by Gasteiger charge is -2.14. The first-order chi connectivity index (χ1) is 9.06. The van der Waals surface area contributed by atoms with Gasteiger partial charge >= 0.3 is 5.97 Å². The molecule has 1 unspecified atom stereocenters.